The van der Waals surface area contributed by atoms with Crippen molar-refractivity contribution < 1.29 is 4.52 Å². The van der Waals surface area contributed by atoms with Crippen molar-refractivity contribution >= 4 is 6.01 Å². The van der Waals surface area contributed by atoms with Gasteiger partial charge in [0.25, 0.3) is 0 Å². The number of nitrogens with zero attached hydrogens (tertiary/aromatic N) is 2. The quantitative estimate of drug-likeness (QED) is 0.862. The van der Waals surface area contributed by atoms with E-state index in [2.05, 4.69) is 15.5 Å². The molecule has 1 aromatic heterocycles. The second kappa shape index (κ2) is 4.20. The predicted octanol–water partition coefficient (Wildman–Crippen LogP) is 3.26. The number of benzene rings is 1. The van der Waals surface area contributed by atoms with E-state index in [9.17, 15) is 0 Å². The van der Waals surface area contributed by atoms with E-state index in [4.69, 9.17) is 4.52 Å². The Bertz CT molecular complexity index is 511. The third kappa shape index (κ3) is 3.06. The van der Waals surface area contributed by atoms with Gasteiger partial charge in [-0.05, 0) is 33.8 Å². The van der Waals surface area contributed by atoms with Gasteiger partial charge in [0.2, 0.25) is 5.82 Å². The van der Waals surface area contributed by atoms with Crippen LogP contribution in [0.2, 0.25) is 0 Å². The molecule has 0 radical (unpaired) electrons. The maximum Gasteiger partial charge on any atom is 0.322 e. The lowest BCUT2D eigenvalue weighted by Gasteiger charge is -2.17. The van der Waals surface area contributed by atoms with Crippen LogP contribution in [0.3, 0.4) is 0 Å². The van der Waals surface area contributed by atoms with Crippen LogP contribution < -0.4 is 5.32 Å². The molecule has 0 bridgehead atoms. The molecular weight excluding hydrogens is 214 g/mol. The van der Waals surface area contributed by atoms with Gasteiger partial charge >= 0.3 is 6.01 Å². The van der Waals surface area contributed by atoms with Crippen molar-refractivity contribution in [3.8, 4) is 11.4 Å². The van der Waals surface area contributed by atoms with Crippen LogP contribution in [0.1, 0.15) is 26.3 Å². The Labute approximate surface area is 101 Å². The molecule has 17 heavy (non-hydrogen) atoms. The zero-order valence-electron chi connectivity index (χ0n) is 10.6. The van der Waals surface area contributed by atoms with Gasteiger partial charge in [0.1, 0.15) is 0 Å². The van der Waals surface area contributed by atoms with Crippen LogP contribution in [0.15, 0.2) is 28.8 Å². The molecule has 0 fully saturated rings. The Morgan fingerprint density at radius 2 is 2.00 bits per heavy atom. The lowest BCUT2D eigenvalue weighted by Crippen LogP contribution is -2.26. The van der Waals surface area contributed by atoms with Crippen molar-refractivity contribution in [3.05, 3.63) is 29.8 Å². The molecule has 0 aliphatic carbocycles. The summed E-state index contributed by atoms with van der Waals surface area (Å²) in [7, 11) is 0. The van der Waals surface area contributed by atoms with Gasteiger partial charge in [0.15, 0.2) is 0 Å². The minimum absolute atomic E-state index is 0.0869. The standard InChI is InChI=1S/C13H17N3O/c1-9-6-5-7-10(8-9)11-14-12(17-16-11)15-13(2,3)4/h5-8H,1-4H3,(H,14,15,16). The van der Waals surface area contributed by atoms with Crippen molar-refractivity contribution in [1.29, 1.82) is 0 Å². The van der Waals surface area contributed by atoms with E-state index in [1.807, 2.05) is 52.0 Å². The molecule has 2 rings (SSSR count). The minimum Gasteiger partial charge on any atom is -0.333 e. The van der Waals surface area contributed by atoms with Gasteiger partial charge in [-0.1, -0.05) is 28.9 Å². The lowest BCUT2D eigenvalue weighted by atomic mass is 10.1. The fourth-order valence-corrected chi connectivity index (χ4v) is 1.50. The van der Waals surface area contributed by atoms with Crippen LogP contribution in [-0.2, 0) is 0 Å². The van der Waals surface area contributed by atoms with Crippen molar-refractivity contribution in [2.45, 2.75) is 33.2 Å². The molecule has 2 aromatic rings. The number of hydrogen-bond acceptors (Lipinski definition) is 4. The normalized spacial score (nSPS) is 11.5. The van der Waals surface area contributed by atoms with Crippen LogP contribution in [-0.4, -0.2) is 15.7 Å². The maximum atomic E-state index is 5.16. The van der Waals surface area contributed by atoms with Crippen molar-refractivity contribution in [2.75, 3.05) is 5.32 Å². The summed E-state index contributed by atoms with van der Waals surface area (Å²) in [5, 5.41) is 7.11. The predicted molar refractivity (Wildman–Crippen MR) is 67.8 cm³/mol. The van der Waals surface area contributed by atoms with E-state index < -0.39 is 0 Å². The summed E-state index contributed by atoms with van der Waals surface area (Å²) in [5.74, 6) is 0.612. The molecule has 0 amide bonds. The van der Waals surface area contributed by atoms with E-state index in [0.29, 0.717) is 11.8 Å². The van der Waals surface area contributed by atoms with Gasteiger partial charge in [-0.2, -0.15) is 4.98 Å². The van der Waals surface area contributed by atoms with E-state index in [1.54, 1.807) is 0 Å². The topological polar surface area (TPSA) is 51.0 Å². The van der Waals surface area contributed by atoms with Crippen LogP contribution >= 0.6 is 0 Å². The summed E-state index contributed by atoms with van der Waals surface area (Å²) in [6.07, 6.45) is 0. The first kappa shape index (κ1) is 11.6. The Kier molecular flexibility index (Phi) is 2.88. The van der Waals surface area contributed by atoms with Gasteiger partial charge in [-0.25, -0.2) is 0 Å². The van der Waals surface area contributed by atoms with E-state index in [1.165, 1.54) is 5.56 Å². The highest BCUT2D eigenvalue weighted by Crippen LogP contribution is 2.20. The van der Waals surface area contributed by atoms with Crippen LogP contribution in [0.5, 0.6) is 0 Å². The van der Waals surface area contributed by atoms with E-state index >= 15 is 0 Å². The number of anilines is 1. The maximum absolute atomic E-state index is 5.16. The summed E-state index contributed by atoms with van der Waals surface area (Å²) in [6, 6.07) is 8.48. The fraction of sp³-hybridized carbons (Fsp3) is 0.385. The molecule has 4 heteroatoms. The molecule has 90 valence electrons. The highest BCUT2D eigenvalue weighted by molar-refractivity contribution is 5.56. The number of rotatable bonds is 2. The summed E-state index contributed by atoms with van der Waals surface area (Å²) in [4.78, 5) is 4.32. The van der Waals surface area contributed by atoms with Crippen LogP contribution in [0, 0.1) is 6.92 Å². The monoisotopic (exact) mass is 231 g/mol. The summed E-state index contributed by atoms with van der Waals surface area (Å²) in [6.45, 7) is 8.18. The first-order chi connectivity index (χ1) is 7.94. The van der Waals surface area contributed by atoms with Crippen molar-refractivity contribution in [3.63, 3.8) is 0 Å². The number of nitrogens with one attached hydrogen (secondary N) is 1. The van der Waals surface area contributed by atoms with E-state index in [0.717, 1.165) is 5.56 Å². The second-order valence-corrected chi connectivity index (χ2v) is 5.17. The van der Waals surface area contributed by atoms with Gasteiger partial charge in [-0.3, -0.25) is 0 Å². The molecule has 0 unspecified atom stereocenters. The first-order valence-corrected chi connectivity index (χ1v) is 5.63. The molecule has 1 aromatic carbocycles. The fourth-order valence-electron chi connectivity index (χ4n) is 1.50. The molecule has 1 N–H and O–H groups in total. The minimum atomic E-state index is -0.0869. The van der Waals surface area contributed by atoms with Gasteiger partial charge in [0, 0.05) is 11.1 Å². The van der Waals surface area contributed by atoms with Crippen LogP contribution in [0.25, 0.3) is 11.4 Å². The Morgan fingerprint density at radius 1 is 1.24 bits per heavy atom. The van der Waals surface area contributed by atoms with E-state index in [-0.39, 0.29) is 5.54 Å². The molecule has 1 heterocycles. The molecule has 0 aliphatic rings. The molecule has 0 atom stereocenters. The zero-order valence-corrected chi connectivity index (χ0v) is 10.6. The smallest absolute Gasteiger partial charge is 0.322 e. The third-order valence-corrected chi connectivity index (χ3v) is 2.18. The molecular formula is C13H17N3O. The highest BCUT2D eigenvalue weighted by Gasteiger charge is 2.15. The molecule has 4 nitrogen and oxygen atoms in total. The van der Waals surface area contributed by atoms with Gasteiger partial charge in [-0.15, -0.1) is 0 Å². The van der Waals surface area contributed by atoms with Crippen LogP contribution in [0.4, 0.5) is 6.01 Å². The Balaban J connectivity index is 2.24. The average Bonchev–Trinajstić information content (AvgIpc) is 2.63. The van der Waals surface area contributed by atoms with Gasteiger partial charge in [0.05, 0.1) is 0 Å². The molecule has 0 spiro atoms. The van der Waals surface area contributed by atoms with Gasteiger partial charge < -0.3 is 9.84 Å². The summed E-state index contributed by atoms with van der Waals surface area (Å²) < 4.78 is 5.16. The van der Waals surface area contributed by atoms with Crippen molar-refractivity contribution in [2.24, 2.45) is 0 Å². The average molecular weight is 231 g/mol. The second-order valence-electron chi connectivity index (χ2n) is 5.17. The summed E-state index contributed by atoms with van der Waals surface area (Å²) in [5.41, 5.74) is 2.06. The Hall–Kier alpha value is -1.84. The van der Waals surface area contributed by atoms with Crippen molar-refractivity contribution in [1.82, 2.24) is 10.1 Å². The molecule has 0 saturated carbocycles. The number of aromatic nitrogens is 2. The summed E-state index contributed by atoms with van der Waals surface area (Å²) >= 11 is 0. The zero-order chi connectivity index (χ0) is 12.5. The Morgan fingerprint density at radius 3 is 2.65 bits per heavy atom. The SMILES string of the molecule is Cc1cccc(-c2noc(NC(C)(C)C)n2)c1. The number of hydrogen-bond donors (Lipinski definition) is 1. The molecule has 0 aliphatic heterocycles. The lowest BCUT2D eigenvalue weighted by molar-refractivity contribution is 0.420. The molecule has 0 saturated heterocycles. The highest BCUT2D eigenvalue weighted by atomic mass is 16.5. The third-order valence-electron chi connectivity index (χ3n) is 2.18. The first-order valence-electron chi connectivity index (χ1n) is 5.63. The number of aryl methyl sites for hydroxylation is 1. The largest absolute Gasteiger partial charge is 0.333 e.